The normalized spacial score (nSPS) is 11.1. The van der Waals surface area contributed by atoms with E-state index in [1.165, 1.54) is 0 Å². The number of halogens is 1. The van der Waals surface area contributed by atoms with Gasteiger partial charge in [0.2, 0.25) is 11.7 Å². The summed E-state index contributed by atoms with van der Waals surface area (Å²) in [7, 11) is 0. The molecule has 0 bridgehead atoms. The fourth-order valence-corrected chi connectivity index (χ4v) is 3.31. The van der Waals surface area contributed by atoms with Crippen LogP contribution in [0.4, 0.5) is 0 Å². The zero-order chi connectivity index (χ0) is 29.9. The van der Waals surface area contributed by atoms with Crippen LogP contribution in [0.5, 0.6) is 5.75 Å². The Labute approximate surface area is 260 Å². The van der Waals surface area contributed by atoms with E-state index in [-0.39, 0.29) is 5.91 Å². The molecule has 1 amide bonds. The molecule has 0 unspecified atom stereocenters. The summed E-state index contributed by atoms with van der Waals surface area (Å²) in [5.41, 5.74) is 0.821. The van der Waals surface area contributed by atoms with Crippen molar-refractivity contribution in [2.24, 2.45) is 0 Å². The molecule has 42 heavy (non-hydrogen) atoms. The third kappa shape index (κ3) is 19.1. The minimum absolute atomic E-state index is 0.0122. The molecule has 1 aromatic carbocycles. The van der Waals surface area contributed by atoms with Crippen LogP contribution in [0.3, 0.4) is 0 Å². The van der Waals surface area contributed by atoms with Crippen LogP contribution in [-0.2, 0) is 38.0 Å². The van der Waals surface area contributed by atoms with Gasteiger partial charge in [0.05, 0.1) is 96.9 Å². The molecule has 0 atom stereocenters. The zero-order valence-electron chi connectivity index (χ0n) is 24.2. The maximum Gasteiger partial charge on any atom is 0.229 e. The van der Waals surface area contributed by atoms with Gasteiger partial charge < -0.3 is 43.2 Å². The van der Waals surface area contributed by atoms with Crippen LogP contribution >= 0.6 is 22.6 Å². The van der Waals surface area contributed by atoms with Gasteiger partial charge in [-0.15, -0.1) is 20.4 Å². The monoisotopic (exact) mass is 707 g/mol. The smallest absolute Gasteiger partial charge is 0.229 e. The lowest BCUT2D eigenvalue weighted by molar-refractivity contribution is -0.118. The van der Waals surface area contributed by atoms with Gasteiger partial charge in [0.15, 0.2) is 5.82 Å². The molecule has 0 fully saturated rings. The first-order valence-electron chi connectivity index (χ1n) is 13.8. The number of alkyl halides is 1. The third-order valence-corrected chi connectivity index (χ3v) is 5.80. The second-order valence-electron chi connectivity index (χ2n) is 8.41. The Kier molecular flexibility index (Phi) is 21.8. The van der Waals surface area contributed by atoms with Crippen LogP contribution in [0.15, 0.2) is 24.3 Å². The van der Waals surface area contributed by atoms with E-state index < -0.39 is 0 Å². The Morgan fingerprint density at radius 1 is 0.619 bits per heavy atom. The quantitative estimate of drug-likeness (QED) is 0.0807. The minimum atomic E-state index is 0.0122. The molecule has 14 nitrogen and oxygen atoms in total. The van der Waals surface area contributed by atoms with E-state index in [4.69, 9.17) is 37.9 Å². The van der Waals surface area contributed by atoms with E-state index in [0.29, 0.717) is 122 Å². The highest BCUT2D eigenvalue weighted by Crippen LogP contribution is 2.18. The number of amides is 1. The summed E-state index contributed by atoms with van der Waals surface area (Å²) in [6.07, 6.45) is 0. The first-order chi connectivity index (χ1) is 20.7. The van der Waals surface area contributed by atoms with Gasteiger partial charge in [-0.2, -0.15) is 0 Å². The van der Waals surface area contributed by atoms with Gasteiger partial charge >= 0.3 is 0 Å². The molecule has 0 aliphatic carbocycles. The number of aromatic nitrogens is 4. The number of hydrogen-bond acceptors (Lipinski definition) is 13. The van der Waals surface area contributed by atoms with E-state index in [9.17, 15) is 4.79 Å². The summed E-state index contributed by atoms with van der Waals surface area (Å²) in [5, 5.41) is 18.6. The molecule has 0 spiro atoms. The highest BCUT2D eigenvalue weighted by molar-refractivity contribution is 14.1. The number of nitrogens with one attached hydrogen (secondary N) is 1. The van der Waals surface area contributed by atoms with Crippen molar-refractivity contribution in [1.29, 1.82) is 0 Å². The van der Waals surface area contributed by atoms with Crippen LogP contribution in [-0.4, -0.2) is 136 Å². The van der Waals surface area contributed by atoms with Crippen LogP contribution < -0.4 is 10.1 Å². The molecular formula is C27H42IN5O9. The fourth-order valence-electron chi connectivity index (χ4n) is 3.04. The van der Waals surface area contributed by atoms with Crippen LogP contribution in [0, 0.1) is 6.92 Å². The van der Waals surface area contributed by atoms with Gasteiger partial charge in [0.1, 0.15) is 12.4 Å². The molecule has 236 valence electrons. The molecule has 0 aliphatic rings. The topological polar surface area (TPSA) is 154 Å². The Balaban J connectivity index is 1.24. The van der Waals surface area contributed by atoms with Crippen LogP contribution in [0.1, 0.15) is 5.82 Å². The lowest BCUT2D eigenvalue weighted by Crippen LogP contribution is -2.28. The van der Waals surface area contributed by atoms with Gasteiger partial charge in [0, 0.05) is 12.1 Å². The molecule has 0 radical (unpaired) electrons. The number of aryl methyl sites for hydroxylation is 1. The SMILES string of the molecule is Cc1nnc(-c2ccc(OCCOCCOCCOCCOCCOCCOCCOCCNC(=O)CI)cc2)nn1. The zero-order valence-corrected chi connectivity index (χ0v) is 26.3. The molecule has 1 N–H and O–H groups in total. The van der Waals surface area contributed by atoms with Crippen LogP contribution in [0.2, 0.25) is 0 Å². The first-order valence-corrected chi connectivity index (χ1v) is 15.4. The fraction of sp³-hybridized carbons (Fsp3) is 0.667. The predicted octanol–water partition coefficient (Wildman–Crippen LogP) is 1.29. The average Bonchev–Trinajstić information content (AvgIpc) is 3.01. The molecule has 0 saturated carbocycles. The summed E-state index contributed by atoms with van der Waals surface area (Å²) >= 11 is 2.02. The number of carbonyl (C=O) groups excluding carboxylic acids is 1. The molecule has 1 heterocycles. The number of nitrogens with zero attached hydrogens (tertiary/aromatic N) is 4. The van der Waals surface area contributed by atoms with Gasteiger partial charge in [-0.25, -0.2) is 0 Å². The Morgan fingerprint density at radius 3 is 1.45 bits per heavy atom. The highest BCUT2D eigenvalue weighted by atomic mass is 127. The molecule has 0 aliphatic heterocycles. The Hall–Kier alpha value is -2.12. The minimum Gasteiger partial charge on any atom is -0.491 e. The van der Waals surface area contributed by atoms with Crippen molar-refractivity contribution >= 4 is 28.5 Å². The number of hydrogen-bond donors (Lipinski definition) is 1. The second-order valence-corrected chi connectivity index (χ2v) is 9.18. The van der Waals surface area contributed by atoms with Crippen molar-refractivity contribution in [1.82, 2.24) is 25.7 Å². The molecule has 2 aromatic rings. The summed E-state index contributed by atoms with van der Waals surface area (Å²) in [6.45, 7) is 9.52. The maximum atomic E-state index is 11.1. The van der Waals surface area contributed by atoms with Crippen molar-refractivity contribution in [3.8, 4) is 17.1 Å². The third-order valence-electron chi connectivity index (χ3n) is 5.11. The molecule has 0 saturated heterocycles. The summed E-state index contributed by atoms with van der Waals surface area (Å²) in [6, 6.07) is 7.42. The van der Waals surface area contributed by atoms with Gasteiger partial charge in [-0.3, -0.25) is 4.79 Å². The highest BCUT2D eigenvalue weighted by Gasteiger charge is 2.03. The lowest BCUT2D eigenvalue weighted by atomic mass is 10.2. The molecule has 15 heteroatoms. The first kappa shape index (κ1) is 36.1. The standard InChI is InChI=1S/C27H42IN5O9/c1-23-30-32-27(33-31-23)24-2-4-25(5-3-24)42-21-20-41-19-18-40-17-16-39-15-14-38-13-12-37-11-10-36-9-8-35-7-6-29-26(34)22-28/h2-5H,6-22H2,1H3,(H,29,34). The number of benzene rings is 1. The van der Waals surface area contributed by atoms with Gasteiger partial charge in [-0.05, 0) is 31.2 Å². The van der Waals surface area contributed by atoms with E-state index in [2.05, 4.69) is 25.7 Å². The maximum absolute atomic E-state index is 11.1. The lowest BCUT2D eigenvalue weighted by Gasteiger charge is -2.09. The van der Waals surface area contributed by atoms with E-state index in [1.807, 2.05) is 46.9 Å². The van der Waals surface area contributed by atoms with Crippen molar-refractivity contribution in [2.45, 2.75) is 6.92 Å². The summed E-state index contributed by atoms with van der Waals surface area (Å²) in [5.74, 6) is 1.75. The van der Waals surface area contributed by atoms with Crippen molar-refractivity contribution in [3.05, 3.63) is 30.1 Å². The van der Waals surface area contributed by atoms with Crippen molar-refractivity contribution in [2.75, 3.05) is 110 Å². The Bertz CT molecular complexity index is 929. The molecular weight excluding hydrogens is 665 g/mol. The number of carbonyl (C=O) groups is 1. The average molecular weight is 708 g/mol. The van der Waals surface area contributed by atoms with Gasteiger partial charge in [0.25, 0.3) is 0 Å². The van der Waals surface area contributed by atoms with Crippen molar-refractivity contribution in [3.63, 3.8) is 0 Å². The van der Waals surface area contributed by atoms with E-state index >= 15 is 0 Å². The Morgan fingerprint density at radius 2 is 1.02 bits per heavy atom. The summed E-state index contributed by atoms with van der Waals surface area (Å²) in [4.78, 5) is 11.1. The summed E-state index contributed by atoms with van der Waals surface area (Å²) < 4.78 is 44.3. The number of rotatable bonds is 27. The van der Waals surface area contributed by atoms with Crippen LogP contribution in [0.25, 0.3) is 11.4 Å². The van der Waals surface area contributed by atoms with E-state index in [0.717, 1.165) is 11.3 Å². The van der Waals surface area contributed by atoms with Crippen molar-refractivity contribution < 1.29 is 42.7 Å². The van der Waals surface area contributed by atoms with E-state index in [1.54, 1.807) is 6.92 Å². The largest absolute Gasteiger partial charge is 0.491 e. The second kappa shape index (κ2) is 25.4. The molecule has 2 rings (SSSR count). The number of ether oxygens (including phenoxy) is 8. The van der Waals surface area contributed by atoms with Gasteiger partial charge in [-0.1, -0.05) is 22.6 Å². The molecule has 1 aromatic heterocycles. The predicted molar refractivity (Wildman–Crippen MR) is 161 cm³/mol.